The normalized spacial score (nSPS) is 35.7. The molecule has 0 aromatic heterocycles. The highest BCUT2D eigenvalue weighted by molar-refractivity contribution is 4.93. The van der Waals surface area contributed by atoms with Crippen molar-refractivity contribution in [3.05, 3.63) is 0 Å². The van der Waals surface area contributed by atoms with Crippen LogP contribution in [0.1, 0.15) is 46.0 Å². The summed E-state index contributed by atoms with van der Waals surface area (Å²) in [5.74, 6) is 1.24. The Morgan fingerprint density at radius 3 is 2.27 bits per heavy atom. The van der Waals surface area contributed by atoms with Gasteiger partial charge in [-0.25, -0.2) is 0 Å². The van der Waals surface area contributed by atoms with Gasteiger partial charge in [-0.15, -0.1) is 0 Å². The Morgan fingerprint density at radius 1 is 1.18 bits per heavy atom. The van der Waals surface area contributed by atoms with Gasteiger partial charge in [0.2, 0.25) is 0 Å². The minimum Gasteiger partial charge on any atom is -0.393 e. The van der Waals surface area contributed by atoms with Crippen molar-refractivity contribution in [1.29, 1.82) is 0 Å². The molecule has 1 N–H and O–H groups in total. The molecule has 3 unspecified atom stereocenters. The third-order valence-electron chi connectivity index (χ3n) is 2.90. The fourth-order valence-corrected chi connectivity index (χ4v) is 1.76. The molecule has 0 amide bonds. The quantitative estimate of drug-likeness (QED) is 0.607. The lowest BCUT2D eigenvalue weighted by Crippen LogP contribution is -1.85. The van der Waals surface area contributed by atoms with Gasteiger partial charge in [0.15, 0.2) is 0 Å². The number of hydrogen-bond donors (Lipinski definition) is 1. The maximum Gasteiger partial charge on any atom is 0.0601 e. The van der Waals surface area contributed by atoms with Crippen LogP contribution < -0.4 is 0 Å². The average Bonchev–Trinajstić information content (AvgIpc) is 2.55. The fraction of sp³-hybridized carbons (Fsp3) is 1.00. The third-order valence-corrected chi connectivity index (χ3v) is 2.90. The van der Waals surface area contributed by atoms with Gasteiger partial charge in [0.25, 0.3) is 0 Å². The number of rotatable bonds is 5. The standard InChI is InChI=1S/C10H20O/c1-3-4-5-6-7-9-8(2)10(9)11/h8-11H,3-7H2,1-2H3. The van der Waals surface area contributed by atoms with E-state index < -0.39 is 0 Å². The first-order valence-corrected chi connectivity index (χ1v) is 4.95. The van der Waals surface area contributed by atoms with E-state index in [-0.39, 0.29) is 6.10 Å². The Bertz CT molecular complexity index is 103. The molecule has 11 heavy (non-hydrogen) atoms. The molecule has 1 fully saturated rings. The molecule has 1 aliphatic rings. The van der Waals surface area contributed by atoms with Crippen molar-refractivity contribution in [2.45, 2.75) is 52.1 Å². The molecular weight excluding hydrogens is 136 g/mol. The van der Waals surface area contributed by atoms with Crippen LogP contribution in [0, 0.1) is 11.8 Å². The van der Waals surface area contributed by atoms with E-state index in [0.29, 0.717) is 11.8 Å². The van der Waals surface area contributed by atoms with Crippen LogP contribution in [0.15, 0.2) is 0 Å². The van der Waals surface area contributed by atoms with Gasteiger partial charge >= 0.3 is 0 Å². The second-order valence-electron chi connectivity index (χ2n) is 3.86. The summed E-state index contributed by atoms with van der Waals surface area (Å²) in [4.78, 5) is 0. The largest absolute Gasteiger partial charge is 0.393 e. The topological polar surface area (TPSA) is 20.2 Å². The minimum atomic E-state index is 0.0385. The lowest BCUT2D eigenvalue weighted by molar-refractivity contribution is 0.247. The molecule has 3 atom stereocenters. The molecule has 0 aromatic carbocycles. The Kier molecular flexibility index (Phi) is 3.38. The highest BCUT2D eigenvalue weighted by atomic mass is 16.3. The first kappa shape index (κ1) is 9.05. The van der Waals surface area contributed by atoms with Crippen molar-refractivity contribution in [2.24, 2.45) is 11.8 Å². The molecule has 0 bridgehead atoms. The monoisotopic (exact) mass is 156 g/mol. The minimum absolute atomic E-state index is 0.0385. The smallest absolute Gasteiger partial charge is 0.0601 e. The van der Waals surface area contributed by atoms with Gasteiger partial charge in [0, 0.05) is 0 Å². The molecule has 0 aromatic rings. The van der Waals surface area contributed by atoms with Crippen molar-refractivity contribution < 1.29 is 5.11 Å². The molecule has 0 radical (unpaired) electrons. The fourth-order valence-electron chi connectivity index (χ4n) is 1.76. The van der Waals surface area contributed by atoms with Crippen molar-refractivity contribution in [3.63, 3.8) is 0 Å². The number of hydrogen-bond acceptors (Lipinski definition) is 1. The summed E-state index contributed by atoms with van der Waals surface area (Å²) in [6.07, 6.45) is 6.63. The van der Waals surface area contributed by atoms with E-state index in [1.165, 1.54) is 32.1 Å². The zero-order valence-corrected chi connectivity index (χ0v) is 7.71. The lowest BCUT2D eigenvalue weighted by Gasteiger charge is -1.96. The van der Waals surface area contributed by atoms with Gasteiger partial charge in [-0.2, -0.15) is 0 Å². The van der Waals surface area contributed by atoms with Crippen LogP contribution in [0.2, 0.25) is 0 Å². The average molecular weight is 156 g/mol. The second kappa shape index (κ2) is 4.10. The van der Waals surface area contributed by atoms with Crippen LogP contribution in [0.5, 0.6) is 0 Å². The van der Waals surface area contributed by atoms with E-state index in [4.69, 9.17) is 0 Å². The van der Waals surface area contributed by atoms with Gasteiger partial charge in [0.1, 0.15) is 0 Å². The second-order valence-corrected chi connectivity index (χ2v) is 3.86. The van der Waals surface area contributed by atoms with Crippen LogP contribution in [-0.4, -0.2) is 11.2 Å². The molecule has 1 nitrogen and oxygen atoms in total. The Hall–Kier alpha value is -0.0400. The number of aliphatic hydroxyl groups excluding tert-OH is 1. The predicted octanol–water partition coefficient (Wildman–Crippen LogP) is 2.58. The molecule has 0 spiro atoms. The molecule has 1 heteroatoms. The van der Waals surface area contributed by atoms with Crippen molar-refractivity contribution in [1.82, 2.24) is 0 Å². The molecule has 0 saturated heterocycles. The summed E-state index contributed by atoms with van der Waals surface area (Å²) in [6, 6.07) is 0. The maximum absolute atomic E-state index is 9.25. The third kappa shape index (κ3) is 2.48. The van der Waals surface area contributed by atoms with E-state index in [1.54, 1.807) is 0 Å². The van der Waals surface area contributed by atoms with Gasteiger partial charge in [-0.1, -0.05) is 39.5 Å². The van der Waals surface area contributed by atoms with Crippen LogP contribution in [0.4, 0.5) is 0 Å². The summed E-state index contributed by atoms with van der Waals surface area (Å²) >= 11 is 0. The van der Waals surface area contributed by atoms with Crippen molar-refractivity contribution >= 4 is 0 Å². The van der Waals surface area contributed by atoms with Gasteiger partial charge in [-0.3, -0.25) is 0 Å². The highest BCUT2D eigenvalue weighted by Gasteiger charge is 2.44. The van der Waals surface area contributed by atoms with E-state index in [1.807, 2.05) is 0 Å². The molecule has 1 aliphatic carbocycles. The number of aliphatic hydroxyl groups is 1. The van der Waals surface area contributed by atoms with Gasteiger partial charge in [-0.05, 0) is 18.3 Å². The van der Waals surface area contributed by atoms with E-state index >= 15 is 0 Å². The van der Waals surface area contributed by atoms with Crippen LogP contribution in [0.3, 0.4) is 0 Å². The van der Waals surface area contributed by atoms with Crippen LogP contribution in [0.25, 0.3) is 0 Å². The Labute approximate surface area is 69.8 Å². The zero-order chi connectivity index (χ0) is 8.27. The maximum atomic E-state index is 9.25. The lowest BCUT2D eigenvalue weighted by atomic mass is 10.1. The SMILES string of the molecule is CCCCCCC1C(C)C1O. The molecular formula is C10H20O. The van der Waals surface area contributed by atoms with E-state index in [9.17, 15) is 5.11 Å². The molecule has 0 aliphatic heterocycles. The molecule has 66 valence electrons. The first-order chi connectivity index (χ1) is 5.27. The van der Waals surface area contributed by atoms with E-state index in [0.717, 1.165) is 0 Å². The summed E-state index contributed by atoms with van der Waals surface area (Å²) in [7, 11) is 0. The molecule has 1 rings (SSSR count). The summed E-state index contributed by atoms with van der Waals surface area (Å²) in [5.41, 5.74) is 0. The predicted molar refractivity (Wildman–Crippen MR) is 47.4 cm³/mol. The van der Waals surface area contributed by atoms with Gasteiger partial charge in [0.05, 0.1) is 6.10 Å². The summed E-state index contributed by atoms with van der Waals surface area (Å²) in [6.45, 7) is 4.38. The van der Waals surface area contributed by atoms with Gasteiger partial charge < -0.3 is 5.11 Å². The summed E-state index contributed by atoms with van der Waals surface area (Å²) in [5, 5.41) is 9.25. The molecule has 1 saturated carbocycles. The summed E-state index contributed by atoms with van der Waals surface area (Å²) < 4.78 is 0. The van der Waals surface area contributed by atoms with Crippen molar-refractivity contribution in [3.8, 4) is 0 Å². The zero-order valence-electron chi connectivity index (χ0n) is 7.71. The molecule has 0 heterocycles. The Balaban J connectivity index is 1.89. The van der Waals surface area contributed by atoms with Crippen LogP contribution in [-0.2, 0) is 0 Å². The van der Waals surface area contributed by atoms with Crippen LogP contribution >= 0.6 is 0 Å². The first-order valence-electron chi connectivity index (χ1n) is 4.95. The van der Waals surface area contributed by atoms with Crippen molar-refractivity contribution in [2.75, 3.05) is 0 Å². The number of unbranched alkanes of at least 4 members (excludes halogenated alkanes) is 3. The highest BCUT2D eigenvalue weighted by Crippen LogP contribution is 2.42. The van der Waals surface area contributed by atoms with E-state index in [2.05, 4.69) is 13.8 Å². The Morgan fingerprint density at radius 2 is 1.82 bits per heavy atom.